The number of hydrogen-bond acceptors (Lipinski definition) is 10. The zero-order valence-corrected chi connectivity index (χ0v) is 22.1. The topological polar surface area (TPSA) is 140 Å². The fourth-order valence-corrected chi connectivity index (χ4v) is 4.04. The molecule has 0 saturated carbocycles. The first-order valence-corrected chi connectivity index (χ1v) is 11.9. The van der Waals surface area contributed by atoms with Crippen molar-refractivity contribution in [3.8, 4) is 17.0 Å². The third kappa shape index (κ3) is 7.73. The summed E-state index contributed by atoms with van der Waals surface area (Å²) in [7, 11) is 1.58. The van der Waals surface area contributed by atoms with Crippen molar-refractivity contribution in [3.63, 3.8) is 0 Å². The molecule has 2 heterocycles. The minimum Gasteiger partial charge on any atom is -0.497 e. The van der Waals surface area contributed by atoms with Crippen LogP contribution in [0.2, 0.25) is 0 Å². The van der Waals surface area contributed by atoms with Gasteiger partial charge in [-0.05, 0) is 32.9 Å². The Kier molecular flexibility index (Phi) is 8.87. The van der Waals surface area contributed by atoms with Crippen LogP contribution in [0.15, 0.2) is 30.5 Å². The predicted octanol–water partition coefficient (Wildman–Crippen LogP) is 1.86. The summed E-state index contributed by atoms with van der Waals surface area (Å²) < 4.78 is 30.3. The van der Waals surface area contributed by atoms with Crippen LogP contribution in [0, 0.1) is 0 Å². The minimum absolute atomic E-state index is 0.0868. The third-order valence-electron chi connectivity index (χ3n) is 5.36. The molecule has 1 unspecified atom stereocenters. The number of esters is 2. The number of rotatable bonds is 8. The van der Waals surface area contributed by atoms with Crippen LogP contribution in [-0.2, 0) is 39.9 Å². The lowest BCUT2D eigenvalue weighted by Crippen LogP contribution is -2.67. The normalized spacial score (nSPS) is 23.7. The van der Waals surface area contributed by atoms with E-state index in [2.05, 4.69) is 15.6 Å². The first-order chi connectivity index (χ1) is 17.4. The van der Waals surface area contributed by atoms with Crippen LogP contribution in [0.3, 0.4) is 0 Å². The van der Waals surface area contributed by atoms with Crippen LogP contribution >= 0.6 is 0 Å². The number of ether oxygens (including phenoxy) is 5. The van der Waals surface area contributed by atoms with Crippen molar-refractivity contribution in [1.82, 2.24) is 20.3 Å². The van der Waals surface area contributed by atoms with Gasteiger partial charge in [0.15, 0.2) is 18.5 Å². The maximum absolute atomic E-state index is 12.0. The Morgan fingerprint density at radius 2 is 1.76 bits per heavy atom. The molecular weight excluding hydrogens is 484 g/mol. The molecule has 202 valence electrons. The minimum atomic E-state index is -1.09. The molecule has 12 heteroatoms. The average molecular weight is 519 g/mol. The molecule has 1 aliphatic rings. The maximum Gasteiger partial charge on any atom is 0.303 e. The summed E-state index contributed by atoms with van der Waals surface area (Å²) in [6, 6.07) is 6.43. The van der Waals surface area contributed by atoms with E-state index in [4.69, 9.17) is 23.7 Å². The van der Waals surface area contributed by atoms with Gasteiger partial charge in [0.25, 0.3) is 0 Å². The van der Waals surface area contributed by atoms with Crippen molar-refractivity contribution in [1.29, 1.82) is 0 Å². The molecule has 0 aliphatic carbocycles. The molecule has 1 aliphatic heterocycles. The zero-order chi connectivity index (χ0) is 27.3. The van der Waals surface area contributed by atoms with Gasteiger partial charge in [0, 0.05) is 26.3 Å². The summed E-state index contributed by atoms with van der Waals surface area (Å²) in [5.74, 6) is -0.947. The Labute approximate surface area is 215 Å². The fraction of sp³-hybridized carbons (Fsp3) is 0.560. The first kappa shape index (κ1) is 28.1. The van der Waals surface area contributed by atoms with Gasteiger partial charge in [0.2, 0.25) is 5.91 Å². The number of methoxy groups -OCH3 is 1. The second-order valence-corrected chi connectivity index (χ2v) is 9.71. The number of carbonyl (C=O) groups excluding carboxylic acids is 3. The maximum atomic E-state index is 12.0. The lowest BCUT2D eigenvalue weighted by Gasteiger charge is -2.46. The number of nitrogens with one attached hydrogen (secondary N) is 1. The van der Waals surface area contributed by atoms with E-state index in [1.54, 1.807) is 13.3 Å². The molecule has 3 rings (SSSR count). The quantitative estimate of drug-likeness (QED) is 0.515. The summed E-state index contributed by atoms with van der Waals surface area (Å²) in [4.78, 5) is 36.1. The van der Waals surface area contributed by atoms with E-state index in [-0.39, 0.29) is 6.54 Å². The summed E-state index contributed by atoms with van der Waals surface area (Å²) in [6.45, 7) is 9.36. The molecule has 0 bridgehead atoms. The van der Waals surface area contributed by atoms with Crippen molar-refractivity contribution in [3.05, 3.63) is 30.5 Å². The monoisotopic (exact) mass is 518 g/mol. The molecular formula is C25H34N4O8. The van der Waals surface area contributed by atoms with Crippen LogP contribution in [0.4, 0.5) is 0 Å². The van der Waals surface area contributed by atoms with E-state index in [9.17, 15) is 14.4 Å². The number of benzene rings is 1. The van der Waals surface area contributed by atoms with Gasteiger partial charge in [-0.3, -0.25) is 14.4 Å². The highest BCUT2D eigenvalue weighted by Crippen LogP contribution is 2.31. The number of amides is 1. The smallest absolute Gasteiger partial charge is 0.303 e. The number of nitrogens with zero attached hydrogens (tertiary/aromatic N) is 3. The molecule has 1 aromatic heterocycles. The van der Waals surface area contributed by atoms with Crippen molar-refractivity contribution in [2.75, 3.05) is 7.11 Å². The molecule has 1 aromatic carbocycles. The lowest BCUT2D eigenvalue weighted by molar-refractivity contribution is -0.294. The number of carbonyl (C=O) groups is 3. The molecule has 1 fully saturated rings. The van der Waals surface area contributed by atoms with Gasteiger partial charge < -0.3 is 29.0 Å². The summed E-state index contributed by atoms with van der Waals surface area (Å²) >= 11 is 0. The van der Waals surface area contributed by atoms with Gasteiger partial charge in [-0.1, -0.05) is 17.3 Å². The molecule has 1 N–H and O–H groups in total. The fourth-order valence-electron chi connectivity index (χ4n) is 4.04. The summed E-state index contributed by atoms with van der Waals surface area (Å²) in [6.07, 6.45) is -2.32. The van der Waals surface area contributed by atoms with Gasteiger partial charge in [-0.15, -0.1) is 5.10 Å². The van der Waals surface area contributed by atoms with Crippen molar-refractivity contribution < 1.29 is 38.1 Å². The summed E-state index contributed by atoms with van der Waals surface area (Å²) in [5.41, 5.74) is 0.714. The SMILES string of the molecule is COc1cccc(-c2cn(C[C@H]3OC(OC(C)(C)C)[C@H](NC(C)=O)[C@@H](OC(C)=O)[C@H]3OC(C)=O)nn2)c1. The Morgan fingerprint density at radius 1 is 1.08 bits per heavy atom. The zero-order valence-electron chi connectivity index (χ0n) is 22.1. The molecule has 0 spiro atoms. The molecule has 37 heavy (non-hydrogen) atoms. The van der Waals surface area contributed by atoms with Crippen molar-refractivity contribution >= 4 is 17.8 Å². The van der Waals surface area contributed by atoms with Crippen LogP contribution in [0.1, 0.15) is 41.5 Å². The predicted molar refractivity (Wildman–Crippen MR) is 130 cm³/mol. The van der Waals surface area contributed by atoms with Crippen LogP contribution in [-0.4, -0.2) is 76.2 Å². The standard InChI is InChI=1S/C25H34N4O8/c1-14(30)26-21-23(35-16(3)32)22(34-15(2)31)20(36-24(21)37-25(4,5)6)13-29-12-19(27-28-29)17-9-8-10-18(11-17)33-7/h8-12,20-24H,13H2,1-7H3,(H,26,30)/t20-,21-,22+,23-,24?/m1/s1. The highest BCUT2D eigenvalue weighted by atomic mass is 16.7. The van der Waals surface area contributed by atoms with Gasteiger partial charge in [-0.2, -0.15) is 0 Å². The van der Waals surface area contributed by atoms with E-state index in [0.29, 0.717) is 11.4 Å². The second-order valence-electron chi connectivity index (χ2n) is 9.71. The Bertz CT molecular complexity index is 1110. The average Bonchev–Trinajstić information content (AvgIpc) is 3.25. The van der Waals surface area contributed by atoms with Crippen molar-refractivity contribution in [2.24, 2.45) is 0 Å². The van der Waals surface area contributed by atoms with Gasteiger partial charge in [-0.25, -0.2) is 4.68 Å². The van der Waals surface area contributed by atoms with E-state index in [0.717, 1.165) is 5.56 Å². The lowest BCUT2D eigenvalue weighted by atomic mass is 9.95. The highest BCUT2D eigenvalue weighted by Gasteiger charge is 2.51. The Morgan fingerprint density at radius 3 is 2.35 bits per heavy atom. The first-order valence-electron chi connectivity index (χ1n) is 11.9. The molecule has 12 nitrogen and oxygen atoms in total. The second kappa shape index (κ2) is 11.7. The van der Waals surface area contributed by atoms with Gasteiger partial charge in [0.1, 0.15) is 23.6 Å². The Balaban J connectivity index is 1.96. The molecule has 5 atom stereocenters. The van der Waals surface area contributed by atoms with Crippen molar-refractivity contribution in [2.45, 2.75) is 84.3 Å². The van der Waals surface area contributed by atoms with E-state index < -0.39 is 54.1 Å². The molecule has 0 radical (unpaired) electrons. The van der Waals surface area contributed by atoms with E-state index >= 15 is 0 Å². The summed E-state index contributed by atoms with van der Waals surface area (Å²) in [5, 5.41) is 11.2. The van der Waals surface area contributed by atoms with Gasteiger partial charge in [0.05, 0.1) is 25.5 Å². The molecule has 2 aromatic rings. The van der Waals surface area contributed by atoms with Crippen LogP contribution < -0.4 is 10.1 Å². The van der Waals surface area contributed by atoms with E-state index in [1.165, 1.54) is 25.5 Å². The van der Waals surface area contributed by atoms with E-state index in [1.807, 2.05) is 45.0 Å². The number of hydrogen-bond donors (Lipinski definition) is 1. The number of aromatic nitrogens is 3. The van der Waals surface area contributed by atoms with Gasteiger partial charge >= 0.3 is 11.9 Å². The van der Waals surface area contributed by atoms with Crippen LogP contribution in [0.5, 0.6) is 5.75 Å². The molecule has 1 saturated heterocycles. The van der Waals surface area contributed by atoms with Crippen LogP contribution in [0.25, 0.3) is 11.3 Å². The Hall–Kier alpha value is -3.51. The largest absolute Gasteiger partial charge is 0.497 e. The third-order valence-corrected chi connectivity index (χ3v) is 5.36. The highest BCUT2D eigenvalue weighted by molar-refractivity contribution is 5.73. The molecule has 1 amide bonds.